The quantitative estimate of drug-likeness (QED) is 0.200. The number of hydrogen-bond donors (Lipinski definition) is 1. The van der Waals surface area contributed by atoms with E-state index in [9.17, 15) is 24.5 Å². The molecule has 1 aromatic heterocycles. The molecule has 11 heteroatoms. The molecule has 196 valence electrons. The summed E-state index contributed by atoms with van der Waals surface area (Å²) < 4.78 is 6.21. The Labute approximate surface area is 230 Å². The number of aromatic nitrogens is 1. The van der Waals surface area contributed by atoms with Crippen LogP contribution in [0.1, 0.15) is 27.5 Å². The lowest BCUT2D eigenvalue weighted by Crippen LogP contribution is -2.32. The number of thioether (sulfide) groups is 1. The van der Waals surface area contributed by atoms with E-state index in [1.165, 1.54) is 23.1 Å². The minimum absolute atomic E-state index is 0.177. The Balaban J connectivity index is 1.49. The van der Waals surface area contributed by atoms with Gasteiger partial charge in [-0.05, 0) is 36.2 Å². The van der Waals surface area contributed by atoms with E-state index in [1.54, 1.807) is 30.3 Å². The van der Waals surface area contributed by atoms with E-state index in [-0.39, 0.29) is 17.2 Å². The number of ether oxygens (including phenoxy) is 1. The highest BCUT2D eigenvalue weighted by Crippen LogP contribution is 2.55. The number of fused-ring (bicyclic) bond motifs is 2. The van der Waals surface area contributed by atoms with Gasteiger partial charge in [0.05, 0.1) is 21.6 Å². The van der Waals surface area contributed by atoms with Gasteiger partial charge >= 0.3 is 4.87 Å². The summed E-state index contributed by atoms with van der Waals surface area (Å²) in [5, 5.41) is 11.5. The lowest BCUT2D eigenvalue weighted by atomic mass is 9.82. The number of anilines is 1. The van der Waals surface area contributed by atoms with Gasteiger partial charge in [0.25, 0.3) is 5.69 Å². The smallest absolute Gasteiger partial charge is 0.305 e. The number of hydrogen-bond acceptors (Lipinski definition) is 8. The normalized spacial score (nSPS) is 20.0. The first-order valence-corrected chi connectivity index (χ1v) is 13.8. The molecule has 0 bridgehead atoms. The van der Waals surface area contributed by atoms with Gasteiger partial charge < -0.3 is 9.72 Å². The highest BCUT2D eigenvalue weighted by atomic mass is 32.2. The van der Waals surface area contributed by atoms with Crippen LogP contribution in [0.3, 0.4) is 0 Å². The zero-order valence-electron chi connectivity index (χ0n) is 20.5. The summed E-state index contributed by atoms with van der Waals surface area (Å²) in [7, 11) is 0. The van der Waals surface area contributed by atoms with Crippen molar-refractivity contribution >= 4 is 46.3 Å². The van der Waals surface area contributed by atoms with Crippen LogP contribution in [-0.4, -0.2) is 27.0 Å². The fraction of sp³-hybridized carbons (Fsp3) is 0.179. The summed E-state index contributed by atoms with van der Waals surface area (Å²) in [5.74, 6) is -2.14. The van der Waals surface area contributed by atoms with Crippen molar-refractivity contribution in [3.8, 4) is 5.75 Å². The lowest BCUT2D eigenvalue weighted by Gasteiger charge is -2.30. The second-order valence-corrected chi connectivity index (χ2v) is 11.5. The zero-order chi connectivity index (χ0) is 27.3. The van der Waals surface area contributed by atoms with Gasteiger partial charge in [-0.15, -0.1) is 0 Å². The first-order chi connectivity index (χ1) is 18.8. The van der Waals surface area contributed by atoms with Crippen LogP contribution in [0.25, 0.3) is 0 Å². The summed E-state index contributed by atoms with van der Waals surface area (Å²) >= 11 is 2.10. The molecule has 1 fully saturated rings. The van der Waals surface area contributed by atoms with E-state index in [1.807, 2.05) is 31.2 Å². The van der Waals surface area contributed by atoms with Crippen LogP contribution >= 0.6 is 23.1 Å². The largest absolute Gasteiger partial charge is 0.489 e. The number of aryl methyl sites for hydroxylation is 1. The monoisotopic (exact) mass is 559 g/mol. The molecule has 3 heterocycles. The molecule has 39 heavy (non-hydrogen) atoms. The van der Waals surface area contributed by atoms with Crippen LogP contribution in [-0.2, 0) is 16.2 Å². The number of thiazole rings is 1. The maximum atomic E-state index is 13.9. The number of carbonyl (C=O) groups excluding carboxylic acids is 2. The number of nitro benzene ring substituents is 1. The first-order valence-electron chi connectivity index (χ1n) is 12.1. The number of H-pyrrole nitrogens is 1. The van der Waals surface area contributed by atoms with Crippen molar-refractivity contribution in [3.05, 3.63) is 114 Å². The van der Waals surface area contributed by atoms with E-state index in [0.29, 0.717) is 26.9 Å². The first kappa shape index (κ1) is 25.1. The molecule has 6 rings (SSSR count). The van der Waals surface area contributed by atoms with Crippen LogP contribution in [0.15, 0.2) is 82.6 Å². The van der Waals surface area contributed by atoms with E-state index in [0.717, 1.165) is 34.2 Å². The Kier molecular flexibility index (Phi) is 6.32. The van der Waals surface area contributed by atoms with Crippen LogP contribution < -0.4 is 14.5 Å². The number of aromatic amines is 1. The molecule has 9 nitrogen and oxygen atoms in total. The van der Waals surface area contributed by atoms with Crippen molar-refractivity contribution in [2.24, 2.45) is 5.92 Å². The van der Waals surface area contributed by atoms with E-state index in [4.69, 9.17) is 4.74 Å². The second-order valence-electron chi connectivity index (χ2n) is 9.29. The molecule has 2 aliphatic rings. The number of non-ortho nitro benzene ring substituents is 1. The molecule has 0 aliphatic carbocycles. The van der Waals surface area contributed by atoms with Gasteiger partial charge in [0.15, 0.2) is 0 Å². The van der Waals surface area contributed by atoms with E-state index < -0.39 is 33.8 Å². The third-order valence-corrected chi connectivity index (χ3v) is 9.42. The Morgan fingerprint density at radius 3 is 2.49 bits per heavy atom. The van der Waals surface area contributed by atoms with Crippen LogP contribution in [0.5, 0.6) is 5.75 Å². The lowest BCUT2D eigenvalue weighted by molar-refractivity contribution is -0.385. The molecule has 0 radical (unpaired) electrons. The number of imide groups is 1. The molecule has 3 unspecified atom stereocenters. The van der Waals surface area contributed by atoms with E-state index >= 15 is 0 Å². The fourth-order valence-electron chi connectivity index (χ4n) is 5.14. The SMILES string of the molecule is Cc1ccccc1COc1ccc([N+](=O)[O-])cc1C1c2sc(=O)[nH]c2SC2C(=O)N(c3ccccc3)C(=O)C21. The Bertz CT molecular complexity index is 1680. The minimum Gasteiger partial charge on any atom is -0.489 e. The number of para-hydroxylation sites is 1. The third-order valence-electron chi connectivity index (χ3n) is 7.02. The Morgan fingerprint density at radius 1 is 1.00 bits per heavy atom. The average molecular weight is 560 g/mol. The molecule has 3 aromatic carbocycles. The number of amides is 2. The van der Waals surface area contributed by atoms with Crippen molar-refractivity contribution < 1.29 is 19.2 Å². The molecule has 2 aliphatic heterocycles. The van der Waals surface area contributed by atoms with E-state index in [2.05, 4.69) is 4.98 Å². The maximum absolute atomic E-state index is 13.9. The number of rotatable bonds is 6. The summed E-state index contributed by atoms with van der Waals surface area (Å²) in [6.45, 7) is 2.16. The highest BCUT2D eigenvalue weighted by Gasteiger charge is 2.57. The second kappa shape index (κ2) is 9.83. The number of nitro groups is 1. The maximum Gasteiger partial charge on any atom is 0.305 e. The van der Waals surface area contributed by atoms with Crippen molar-refractivity contribution in [2.45, 2.75) is 29.7 Å². The third kappa shape index (κ3) is 4.33. The summed E-state index contributed by atoms with van der Waals surface area (Å²) in [5.41, 5.74) is 2.63. The zero-order valence-corrected chi connectivity index (χ0v) is 22.2. The van der Waals surface area contributed by atoms with Crippen molar-refractivity contribution in [3.63, 3.8) is 0 Å². The average Bonchev–Trinajstić information content (AvgIpc) is 3.42. The predicted octanol–water partition coefficient (Wildman–Crippen LogP) is 5.03. The highest BCUT2D eigenvalue weighted by molar-refractivity contribution is 8.00. The molecule has 1 N–H and O–H groups in total. The topological polar surface area (TPSA) is 123 Å². The predicted molar refractivity (Wildman–Crippen MR) is 147 cm³/mol. The Morgan fingerprint density at radius 2 is 1.74 bits per heavy atom. The molecular formula is C28H21N3O6S2. The van der Waals surface area contributed by atoms with Gasteiger partial charge in [0, 0.05) is 28.5 Å². The summed E-state index contributed by atoms with van der Waals surface area (Å²) in [6, 6.07) is 20.6. The van der Waals surface area contributed by atoms with Crippen LogP contribution in [0.2, 0.25) is 0 Å². The van der Waals surface area contributed by atoms with Crippen molar-refractivity contribution in [1.29, 1.82) is 0 Å². The van der Waals surface area contributed by atoms with Crippen LogP contribution in [0.4, 0.5) is 11.4 Å². The van der Waals surface area contributed by atoms with Gasteiger partial charge in [0.1, 0.15) is 17.6 Å². The van der Waals surface area contributed by atoms with Gasteiger partial charge in [-0.25, -0.2) is 4.90 Å². The standard InChI is InChI=1S/C28H21N3O6S2/c1-15-7-5-6-8-16(15)14-37-20-12-11-18(31(35)36)13-19(20)21-22-24(38-25-23(21)39-28(34)29-25)27(33)30(26(22)32)17-9-3-2-4-10-17/h2-13,21-22,24H,14H2,1H3,(H,29,34). The number of nitrogens with zero attached hydrogens (tertiary/aromatic N) is 2. The molecule has 1 saturated heterocycles. The number of carbonyl (C=O) groups is 2. The van der Waals surface area contributed by atoms with Crippen molar-refractivity contribution in [2.75, 3.05) is 4.90 Å². The van der Waals surface area contributed by atoms with Gasteiger partial charge in [-0.2, -0.15) is 0 Å². The van der Waals surface area contributed by atoms with Gasteiger partial charge in [-0.3, -0.25) is 24.5 Å². The van der Waals surface area contributed by atoms with Gasteiger partial charge in [-0.1, -0.05) is 65.6 Å². The number of benzene rings is 3. The molecule has 0 saturated carbocycles. The molecular weight excluding hydrogens is 538 g/mol. The Hall–Kier alpha value is -4.22. The van der Waals surface area contributed by atoms with Gasteiger partial charge in [0.2, 0.25) is 11.8 Å². The minimum atomic E-state index is -0.885. The van der Waals surface area contributed by atoms with Crippen molar-refractivity contribution in [1.82, 2.24) is 4.98 Å². The molecule has 0 spiro atoms. The fourth-order valence-corrected chi connectivity index (χ4v) is 7.64. The molecule has 4 aromatic rings. The molecule has 2 amide bonds. The summed E-state index contributed by atoms with van der Waals surface area (Å²) in [4.78, 5) is 55.5. The number of nitrogens with one attached hydrogen (secondary N) is 1. The summed E-state index contributed by atoms with van der Waals surface area (Å²) in [6.07, 6.45) is 0. The van der Waals surface area contributed by atoms with Crippen LogP contribution in [0, 0.1) is 23.0 Å². The molecule has 3 atom stereocenters.